The van der Waals surface area contributed by atoms with Crippen molar-refractivity contribution in [3.63, 3.8) is 0 Å². The number of amidine groups is 1. The third kappa shape index (κ3) is 3.47. The fourth-order valence-electron chi connectivity index (χ4n) is 1.28. The van der Waals surface area contributed by atoms with Crippen molar-refractivity contribution in [2.24, 2.45) is 4.99 Å². The van der Waals surface area contributed by atoms with Crippen LogP contribution >= 0.6 is 43.6 Å². The highest BCUT2D eigenvalue weighted by Crippen LogP contribution is 2.36. The van der Waals surface area contributed by atoms with Crippen LogP contribution in [0.3, 0.4) is 0 Å². The Hall–Kier alpha value is -0.510. The van der Waals surface area contributed by atoms with Gasteiger partial charge in [-0.25, -0.2) is 4.99 Å². The molecular weight excluding hydrogens is 366 g/mol. The molecule has 6 heteroatoms. The first-order valence-corrected chi connectivity index (χ1v) is 7.55. The zero-order chi connectivity index (χ0) is 13.0. The minimum atomic E-state index is 0.578. The van der Waals surface area contributed by atoms with Gasteiger partial charge in [0.15, 0.2) is 11.4 Å². The second-order valence-corrected chi connectivity index (χ2v) is 5.70. The first-order valence-electron chi connectivity index (χ1n) is 4.74. The van der Waals surface area contributed by atoms with Crippen molar-refractivity contribution in [2.45, 2.75) is 13.8 Å². The van der Waals surface area contributed by atoms with Crippen molar-refractivity contribution < 1.29 is 0 Å². The number of hydrogen-bond donors (Lipinski definition) is 1. The fourth-order valence-corrected chi connectivity index (χ4v) is 2.60. The van der Waals surface area contributed by atoms with Gasteiger partial charge >= 0.3 is 0 Å². The zero-order valence-corrected chi connectivity index (χ0v) is 13.6. The zero-order valence-electron chi connectivity index (χ0n) is 9.64. The summed E-state index contributed by atoms with van der Waals surface area (Å²) in [7, 11) is 0. The van der Waals surface area contributed by atoms with E-state index in [-0.39, 0.29) is 0 Å². The van der Waals surface area contributed by atoms with Crippen LogP contribution in [0.1, 0.15) is 11.1 Å². The Kier molecular flexibility index (Phi) is 5.50. The SMILES string of the molecule is CSC(=Nc1cc(C)c(Br)c(C)c1Br)NC#N. The van der Waals surface area contributed by atoms with Gasteiger partial charge in [0.25, 0.3) is 0 Å². The molecule has 0 aliphatic rings. The summed E-state index contributed by atoms with van der Waals surface area (Å²) in [5.74, 6) is 0. The molecule has 0 amide bonds. The van der Waals surface area contributed by atoms with Crippen LogP contribution in [0.4, 0.5) is 5.69 Å². The number of halogens is 2. The van der Waals surface area contributed by atoms with Gasteiger partial charge < -0.3 is 0 Å². The van der Waals surface area contributed by atoms with Crippen LogP contribution in [0.2, 0.25) is 0 Å². The lowest BCUT2D eigenvalue weighted by Crippen LogP contribution is -2.12. The molecule has 0 aromatic heterocycles. The summed E-state index contributed by atoms with van der Waals surface area (Å²) in [4.78, 5) is 4.41. The molecule has 1 aromatic carbocycles. The van der Waals surface area contributed by atoms with Crippen LogP contribution in [0, 0.1) is 25.3 Å². The summed E-state index contributed by atoms with van der Waals surface area (Å²) in [6.45, 7) is 4.02. The molecule has 0 radical (unpaired) electrons. The molecule has 0 aliphatic carbocycles. The molecule has 0 bridgehead atoms. The lowest BCUT2D eigenvalue weighted by Gasteiger charge is -2.09. The summed E-state index contributed by atoms with van der Waals surface area (Å²) >= 11 is 8.44. The molecule has 90 valence electrons. The van der Waals surface area contributed by atoms with Gasteiger partial charge in [-0.15, -0.1) is 0 Å². The number of nitriles is 1. The molecule has 0 saturated heterocycles. The Bertz CT molecular complexity index is 506. The summed E-state index contributed by atoms with van der Waals surface area (Å²) in [6, 6.07) is 1.97. The Labute approximate surface area is 122 Å². The Morgan fingerprint density at radius 2 is 2.06 bits per heavy atom. The molecule has 1 N–H and O–H groups in total. The molecule has 0 atom stereocenters. The average Bonchev–Trinajstić information content (AvgIpc) is 2.32. The predicted molar refractivity (Wildman–Crippen MR) is 80.7 cm³/mol. The van der Waals surface area contributed by atoms with Crippen molar-refractivity contribution in [3.8, 4) is 6.19 Å². The number of hydrogen-bond acceptors (Lipinski definition) is 3. The van der Waals surface area contributed by atoms with Crippen LogP contribution in [-0.2, 0) is 0 Å². The lowest BCUT2D eigenvalue weighted by molar-refractivity contribution is 1.26. The second-order valence-electron chi connectivity index (χ2n) is 3.32. The van der Waals surface area contributed by atoms with E-state index in [9.17, 15) is 0 Å². The number of nitrogens with zero attached hydrogens (tertiary/aromatic N) is 2. The van der Waals surface area contributed by atoms with Gasteiger partial charge in [0, 0.05) is 8.95 Å². The van der Waals surface area contributed by atoms with E-state index in [0.29, 0.717) is 5.17 Å². The fraction of sp³-hybridized carbons (Fsp3) is 0.273. The molecule has 1 aromatic rings. The Morgan fingerprint density at radius 1 is 1.41 bits per heavy atom. The highest BCUT2D eigenvalue weighted by molar-refractivity contribution is 9.11. The lowest BCUT2D eigenvalue weighted by atomic mass is 10.1. The third-order valence-corrected chi connectivity index (χ3v) is 4.96. The summed E-state index contributed by atoms with van der Waals surface area (Å²) in [5.41, 5.74) is 3.03. The minimum Gasteiger partial charge on any atom is -0.271 e. The molecule has 1 rings (SSSR count). The van der Waals surface area contributed by atoms with E-state index in [4.69, 9.17) is 5.26 Å². The van der Waals surface area contributed by atoms with Crippen molar-refractivity contribution in [1.29, 1.82) is 5.26 Å². The number of rotatable bonds is 1. The molecule has 0 saturated carbocycles. The highest BCUT2D eigenvalue weighted by atomic mass is 79.9. The number of thioether (sulfide) groups is 1. The van der Waals surface area contributed by atoms with Gasteiger partial charge in [-0.05, 0) is 53.2 Å². The van der Waals surface area contributed by atoms with Crippen molar-refractivity contribution in [1.82, 2.24) is 5.32 Å². The van der Waals surface area contributed by atoms with Gasteiger partial charge in [-0.1, -0.05) is 27.7 Å². The maximum absolute atomic E-state index is 8.59. The van der Waals surface area contributed by atoms with E-state index in [0.717, 1.165) is 25.8 Å². The van der Waals surface area contributed by atoms with Crippen molar-refractivity contribution in [3.05, 3.63) is 26.1 Å². The van der Waals surface area contributed by atoms with Crippen LogP contribution in [0.15, 0.2) is 20.0 Å². The van der Waals surface area contributed by atoms with Crippen LogP contribution in [-0.4, -0.2) is 11.4 Å². The molecule has 0 fully saturated rings. The molecule has 0 spiro atoms. The minimum absolute atomic E-state index is 0.578. The topological polar surface area (TPSA) is 48.2 Å². The standard InChI is InChI=1S/C11H11Br2N3S/c1-6-4-8(10(13)7(2)9(6)12)16-11(17-3)15-5-14/h4H,1-3H3,(H,15,16). The maximum Gasteiger partial charge on any atom is 0.183 e. The summed E-state index contributed by atoms with van der Waals surface area (Å²) in [6.07, 6.45) is 3.74. The van der Waals surface area contributed by atoms with E-state index in [1.54, 1.807) is 0 Å². The molecule has 0 heterocycles. The van der Waals surface area contributed by atoms with Gasteiger partial charge in [0.2, 0.25) is 0 Å². The van der Waals surface area contributed by atoms with Gasteiger partial charge in [-0.3, -0.25) is 5.32 Å². The van der Waals surface area contributed by atoms with Crippen LogP contribution < -0.4 is 5.32 Å². The number of aliphatic imine (C=N–C) groups is 1. The first kappa shape index (κ1) is 14.6. The Balaban J connectivity index is 3.29. The number of aryl methyl sites for hydroxylation is 1. The number of nitrogens with one attached hydrogen (secondary N) is 1. The van der Waals surface area contributed by atoms with E-state index in [1.165, 1.54) is 11.8 Å². The maximum atomic E-state index is 8.59. The second kappa shape index (κ2) is 6.43. The highest BCUT2D eigenvalue weighted by Gasteiger charge is 2.09. The van der Waals surface area contributed by atoms with Crippen LogP contribution in [0.25, 0.3) is 0 Å². The third-order valence-electron chi connectivity index (χ3n) is 2.16. The molecule has 17 heavy (non-hydrogen) atoms. The van der Waals surface area contributed by atoms with E-state index in [1.807, 2.05) is 32.4 Å². The first-order chi connectivity index (χ1) is 8.01. The predicted octanol–water partition coefficient (Wildman–Crippen LogP) is 4.25. The molecule has 0 unspecified atom stereocenters. The normalized spacial score (nSPS) is 11.2. The van der Waals surface area contributed by atoms with E-state index < -0.39 is 0 Å². The van der Waals surface area contributed by atoms with Gasteiger partial charge in [0.05, 0.1) is 5.69 Å². The average molecular weight is 377 g/mol. The largest absolute Gasteiger partial charge is 0.271 e. The van der Waals surface area contributed by atoms with Crippen molar-refractivity contribution in [2.75, 3.05) is 6.26 Å². The smallest absolute Gasteiger partial charge is 0.183 e. The molecule has 3 nitrogen and oxygen atoms in total. The molecule has 0 aliphatic heterocycles. The van der Waals surface area contributed by atoms with Gasteiger partial charge in [-0.2, -0.15) is 5.26 Å². The van der Waals surface area contributed by atoms with E-state index >= 15 is 0 Å². The van der Waals surface area contributed by atoms with Crippen molar-refractivity contribution >= 4 is 54.5 Å². The summed E-state index contributed by atoms with van der Waals surface area (Å²) in [5, 5.41) is 11.7. The number of benzene rings is 1. The van der Waals surface area contributed by atoms with Gasteiger partial charge in [0.1, 0.15) is 0 Å². The van der Waals surface area contributed by atoms with E-state index in [2.05, 4.69) is 42.2 Å². The van der Waals surface area contributed by atoms with Crippen LogP contribution in [0.5, 0.6) is 0 Å². The quantitative estimate of drug-likeness (QED) is 0.345. The molecular formula is C11H11Br2N3S. The Morgan fingerprint density at radius 3 is 2.59 bits per heavy atom. The summed E-state index contributed by atoms with van der Waals surface area (Å²) < 4.78 is 2.00. The monoisotopic (exact) mass is 375 g/mol.